The number of hydrogen-bond donors (Lipinski definition) is 0. The lowest BCUT2D eigenvalue weighted by Crippen LogP contribution is -2.25. The van der Waals surface area contributed by atoms with Crippen LogP contribution in [0.1, 0.15) is 62.9 Å². The molecule has 0 N–H and O–H groups in total. The molecular formula is C18H29NO2. The van der Waals surface area contributed by atoms with Crippen molar-refractivity contribution in [1.82, 2.24) is 4.90 Å². The summed E-state index contributed by atoms with van der Waals surface area (Å²) in [6.07, 6.45) is 0.545. The van der Waals surface area contributed by atoms with E-state index in [2.05, 4.69) is 38.7 Å². The summed E-state index contributed by atoms with van der Waals surface area (Å²) >= 11 is 0. The lowest BCUT2D eigenvalue weighted by Gasteiger charge is -2.18. The molecule has 21 heavy (non-hydrogen) atoms. The predicted molar refractivity (Wildman–Crippen MR) is 88.4 cm³/mol. The maximum atomic E-state index is 12.5. The molecule has 0 saturated heterocycles. The van der Waals surface area contributed by atoms with Crippen LogP contribution in [0.4, 0.5) is 0 Å². The van der Waals surface area contributed by atoms with Gasteiger partial charge in [-0.1, -0.05) is 33.8 Å². The second-order valence-electron chi connectivity index (χ2n) is 5.54. The summed E-state index contributed by atoms with van der Waals surface area (Å²) < 4.78 is 5.62. The monoisotopic (exact) mass is 291 g/mol. The van der Waals surface area contributed by atoms with Crippen molar-refractivity contribution < 1.29 is 9.53 Å². The van der Waals surface area contributed by atoms with Gasteiger partial charge in [0.2, 0.25) is 0 Å². The highest BCUT2D eigenvalue weighted by atomic mass is 16.5. The maximum Gasteiger partial charge on any atom is 0.167 e. The van der Waals surface area contributed by atoms with Gasteiger partial charge in [-0.3, -0.25) is 4.79 Å². The molecule has 1 aromatic rings. The molecule has 0 heterocycles. The van der Waals surface area contributed by atoms with E-state index in [-0.39, 0.29) is 5.78 Å². The molecule has 1 aromatic carbocycles. The van der Waals surface area contributed by atoms with E-state index in [9.17, 15) is 4.79 Å². The molecule has 0 saturated carbocycles. The first-order valence-electron chi connectivity index (χ1n) is 8.05. The average molecular weight is 291 g/mol. The SMILES string of the molecule is CCOc1ccc(C(C)C)cc1C(=O)CCN(CC)CC. The Hall–Kier alpha value is -1.35. The van der Waals surface area contributed by atoms with Gasteiger partial charge in [-0.2, -0.15) is 0 Å². The molecular weight excluding hydrogens is 262 g/mol. The number of carbonyl (C=O) groups excluding carboxylic acids is 1. The molecule has 0 fully saturated rings. The van der Waals surface area contributed by atoms with Gasteiger partial charge in [0, 0.05) is 13.0 Å². The predicted octanol–water partition coefficient (Wildman–Crippen LogP) is 4.12. The van der Waals surface area contributed by atoms with Gasteiger partial charge in [-0.05, 0) is 43.6 Å². The number of benzene rings is 1. The lowest BCUT2D eigenvalue weighted by atomic mass is 9.97. The molecule has 0 radical (unpaired) electrons. The number of rotatable bonds is 9. The fourth-order valence-corrected chi connectivity index (χ4v) is 2.34. The Labute approximate surface area is 129 Å². The number of hydrogen-bond acceptors (Lipinski definition) is 3. The number of Topliss-reactive ketones (excluding diaryl/α,β-unsaturated/α-hetero) is 1. The summed E-state index contributed by atoms with van der Waals surface area (Å²) in [6, 6.07) is 5.99. The van der Waals surface area contributed by atoms with Crippen LogP contribution in [0.3, 0.4) is 0 Å². The van der Waals surface area contributed by atoms with Gasteiger partial charge in [-0.15, -0.1) is 0 Å². The maximum absolute atomic E-state index is 12.5. The Morgan fingerprint density at radius 2 is 1.86 bits per heavy atom. The Bertz CT molecular complexity index is 451. The van der Waals surface area contributed by atoms with E-state index in [0.717, 1.165) is 25.2 Å². The largest absolute Gasteiger partial charge is 0.493 e. The van der Waals surface area contributed by atoms with Crippen molar-refractivity contribution in [2.45, 2.75) is 47.0 Å². The molecule has 0 amide bonds. The molecule has 3 heteroatoms. The van der Waals surface area contributed by atoms with Crippen LogP contribution in [-0.2, 0) is 0 Å². The first-order valence-corrected chi connectivity index (χ1v) is 8.05. The zero-order chi connectivity index (χ0) is 15.8. The average Bonchev–Trinajstić information content (AvgIpc) is 2.48. The summed E-state index contributed by atoms with van der Waals surface area (Å²) in [5.41, 5.74) is 1.92. The summed E-state index contributed by atoms with van der Waals surface area (Å²) in [5.74, 6) is 1.30. The van der Waals surface area contributed by atoms with Crippen LogP contribution in [-0.4, -0.2) is 36.9 Å². The highest BCUT2D eigenvalue weighted by Gasteiger charge is 2.15. The number of nitrogens with zero attached hydrogens (tertiary/aromatic N) is 1. The topological polar surface area (TPSA) is 29.5 Å². The summed E-state index contributed by atoms with van der Waals surface area (Å²) in [7, 11) is 0. The summed E-state index contributed by atoms with van der Waals surface area (Å²) in [4.78, 5) is 14.8. The second kappa shape index (κ2) is 8.83. The molecule has 0 aliphatic carbocycles. The minimum absolute atomic E-state index is 0.174. The van der Waals surface area contributed by atoms with Crippen molar-refractivity contribution in [3.63, 3.8) is 0 Å². The van der Waals surface area contributed by atoms with Crippen LogP contribution in [0.25, 0.3) is 0 Å². The first-order chi connectivity index (χ1) is 10.0. The molecule has 118 valence electrons. The Balaban J connectivity index is 2.91. The highest BCUT2D eigenvalue weighted by Crippen LogP contribution is 2.25. The molecule has 3 nitrogen and oxygen atoms in total. The third-order valence-electron chi connectivity index (χ3n) is 3.82. The molecule has 0 spiro atoms. The van der Waals surface area contributed by atoms with E-state index in [1.165, 1.54) is 5.56 Å². The molecule has 1 rings (SSSR count). The molecule has 0 bridgehead atoms. The fraction of sp³-hybridized carbons (Fsp3) is 0.611. The molecule has 0 aliphatic rings. The molecule has 0 atom stereocenters. The third kappa shape index (κ3) is 5.16. The van der Waals surface area contributed by atoms with Crippen molar-refractivity contribution in [2.24, 2.45) is 0 Å². The Morgan fingerprint density at radius 1 is 1.19 bits per heavy atom. The Kier molecular flexibility index (Phi) is 7.44. The third-order valence-corrected chi connectivity index (χ3v) is 3.82. The van der Waals surface area contributed by atoms with Crippen molar-refractivity contribution in [1.29, 1.82) is 0 Å². The van der Waals surface area contributed by atoms with Gasteiger partial charge in [-0.25, -0.2) is 0 Å². The van der Waals surface area contributed by atoms with Gasteiger partial charge in [0.05, 0.1) is 12.2 Å². The van der Waals surface area contributed by atoms with Gasteiger partial charge < -0.3 is 9.64 Å². The number of carbonyl (C=O) groups is 1. The zero-order valence-corrected chi connectivity index (χ0v) is 14.1. The van der Waals surface area contributed by atoms with E-state index < -0.39 is 0 Å². The minimum Gasteiger partial charge on any atom is -0.493 e. The molecule has 0 aromatic heterocycles. The van der Waals surface area contributed by atoms with E-state index in [0.29, 0.717) is 24.7 Å². The van der Waals surface area contributed by atoms with Crippen molar-refractivity contribution >= 4 is 5.78 Å². The van der Waals surface area contributed by atoms with Crippen molar-refractivity contribution in [3.8, 4) is 5.75 Å². The van der Waals surface area contributed by atoms with Crippen LogP contribution in [0.15, 0.2) is 18.2 Å². The Morgan fingerprint density at radius 3 is 2.38 bits per heavy atom. The summed E-state index contributed by atoms with van der Waals surface area (Å²) in [5, 5.41) is 0. The van der Waals surface area contributed by atoms with Crippen LogP contribution in [0.2, 0.25) is 0 Å². The number of ketones is 1. The molecule has 0 aliphatic heterocycles. The van der Waals surface area contributed by atoms with Crippen LogP contribution in [0.5, 0.6) is 5.75 Å². The van der Waals surface area contributed by atoms with Crippen molar-refractivity contribution in [3.05, 3.63) is 29.3 Å². The lowest BCUT2D eigenvalue weighted by molar-refractivity contribution is 0.0962. The van der Waals surface area contributed by atoms with E-state index >= 15 is 0 Å². The normalized spacial score (nSPS) is 11.2. The zero-order valence-electron chi connectivity index (χ0n) is 14.1. The van der Waals surface area contributed by atoms with Gasteiger partial charge in [0.15, 0.2) is 5.78 Å². The smallest absolute Gasteiger partial charge is 0.167 e. The highest BCUT2D eigenvalue weighted by molar-refractivity contribution is 5.99. The molecule has 0 unspecified atom stereocenters. The van der Waals surface area contributed by atoms with Crippen molar-refractivity contribution in [2.75, 3.05) is 26.2 Å². The minimum atomic E-state index is 0.174. The van der Waals surface area contributed by atoms with Gasteiger partial charge in [0.1, 0.15) is 5.75 Å². The second-order valence-corrected chi connectivity index (χ2v) is 5.54. The van der Waals surface area contributed by atoms with Crippen LogP contribution >= 0.6 is 0 Å². The quantitative estimate of drug-likeness (QED) is 0.641. The van der Waals surface area contributed by atoms with E-state index in [1.54, 1.807) is 0 Å². The number of ether oxygens (including phenoxy) is 1. The first kappa shape index (κ1) is 17.7. The standard InChI is InChI=1S/C18H29NO2/c1-6-19(7-2)12-11-17(20)16-13-15(14(4)5)9-10-18(16)21-8-3/h9-10,13-14H,6-8,11-12H2,1-5H3. The van der Waals surface area contributed by atoms with E-state index in [1.807, 2.05) is 19.1 Å². The van der Waals surface area contributed by atoms with E-state index in [4.69, 9.17) is 4.74 Å². The van der Waals surface area contributed by atoms with Crippen LogP contribution in [0, 0.1) is 0 Å². The fourth-order valence-electron chi connectivity index (χ4n) is 2.34. The van der Waals surface area contributed by atoms with Gasteiger partial charge >= 0.3 is 0 Å². The van der Waals surface area contributed by atoms with Gasteiger partial charge in [0.25, 0.3) is 0 Å². The van der Waals surface area contributed by atoms with Crippen LogP contribution < -0.4 is 4.74 Å². The summed E-state index contributed by atoms with van der Waals surface area (Å²) in [6.45, 7) is 13.8.